The van der Waals surface area contributed by atoms with Gasteiger partial charge in [0.05, 0.1) is 13.2 Å². The SMILES string of the molecule is CCC1OCC(COc2ccc(-c3ccccc3Oc3ccccc3-c3ccc(OCC4COC(CC)O4)cc3)cc2)O1. The third kappa shape index (κ3) is 7.37. The highest BCUT2D eigenvalue weighted by molar-refractivity contribution is 5.74. The lowest BCUT2D eigenvalue weighted by molar-refractivity contribution is -0.0644. The molecule has 2 saturated heterocycles. The maximum absolute atomic E-state index is 6.56. The molecule has 2 heterocycles. The fourth-order valence-electron chi connectivity index (χ4n) is 5.17. The quantitative estimate of drug-likeness (QED) is 0.168. The predicted octanol–water partition coefficient (Wildman–Crippen LogP) is 7.87. The molecule has 0 bridgehead atoms. The van der Waals surface area contributed by atoms with Crippen molar-refractivity contribution >= 4 is 0 Å². The molecular formula is C36H38O7. The summed E-state index contributed by atoms with van der Waals surface area (Å²) in [7, 11) is 0. The van der Waals surface area contributed by atoms with Crippen LogP contribution in [0, 0.1) is 0 Å². The molecule has 0 spiro atoms. The van der Waals surface area contributed by atoms with E-state index in [1.807, 2.05) is 98.8 Å². The fraction of sp³-hybridized carbons (Fsp3) is 0.333. The van der Waals surface area contributed by atoms with Crippen LogP contribution in [0.25, 0.3) is 22.3 Å². The first-order valence-corrected chi connectivity index (χ1v) is 15.0. The number of hydrogen-bond acceptors (Lipinski definition) is 7. The van der Waals surface area contributed by atoms with Gasteiger partial charge in [-0.05, 0) is 60.4 Å². The van der Waals surface area contributed by atoms with Gasteiger partial charge >= 0.3 is 0 Å². The monoisotopic (exact) mass is 582 g/mol. The predicted molar refractivity (Wildman–Crippen MR) is 165 cm³/mol. The third-order valence-electron chi connectivity index (χ3n) is 7.49. The molecule has 0 N–H and O–H groups in total. The normalized spacial score (nSPS) is 21.5. The smallest absolute Gasteiger partial charge is 0.158 e. The van der Waals surface area contributed by atoms with Crippen molar-refractivity contribution in [3.63, 3.8) is 0 Å². The van der Waals surface area contributed by atoms with Gasteiger partial charge in [-0.2, -0.15) is 0 Å². The van der Waals surface area contributed by atoms with E-state index in [0.29, 0.717) is 26.4 Å². The van der Waals surface area contributed by atoms with Gasteiger partial charge in [0.1, 0.15) is 48.4 Å². The Morgan fingerprint density at radius 1 is 0.558 bits per heavy atom. The molecule has 0 saturated carbocycles. The highest BCUT2D eigenvalue weighted by Gasteiger charge is 2.26. The maximum Gasteiger partial charge on any atom is 0.158 e. The zero-order valence-electron chi connectivity index (χ0n) is 24.6. The number of rotatable bonds is 12. The van der Waals surface area contributed by atoms with Gasteiger partial charge in [0.2, 0.25) is 0 Å². The zero-order valence-corrected chi connectivity index (χ0v) is 24.6. The first kappa shape index (κ1) is 29.2. The molecule has 224 valence electrons. The van der Waals surface area contributed by atoms with Crippen LogP contribution >= 0.6 is 0 Å². The summed E-state index contributed by atoms with van der Waals surface area (Å²) in [6, 6.07) is 32.2. The van der Waals surface area contributed by atoms with Crippen LogP contribution in [0.1, 0.15) is 26.7 Å². The first-order valence-electron chi connectivity index (χ1n) is 15.0. The highest BCUT2D eigenvalue weighted by Crippen LogP contribution is 2.38. The molecular weight excluding hydrogens is 544 g/mol. The Hall–Kier alpha value is -3.88. The molecule has 0 amide bonds. The molecule has 0 aliphatic carbocycles. The zero-order chi connectivity index (χ0) is 29.4. The van der Waals surface area contributed by atoms with Gasteiger partial charge in [0, 0.05) is 11.1 Å². The van der Waals surface area contributed by atoms with Crippen LogP contribution in [0.4, 0.5) is 0 Å². The van der Waals surface area contributed by atoms with Crippen molar-refractivity contribution in [2.45, 2.75) is 51.5 Å². The van der Waals surface area contributed by atoms with Gasteiger partial charge in [-0.3, -0.25) is 0 Å². The molecule has 6 rings (SSSR count). The van der Waals surface area contributed by atoms with Gasteiger partial charge in [0.15, 0.2) is 12.6 Å². The van der Waals surface area contributed by atoms with Crippen molar-refractivity contribution in [3.05, 3.63) is 97.1 Å². The molecule has 43 heavy (non-hydrogen) atoms. The maximum atomic E-state index is 6.56. The summed E-state index contributed by atoms with van der Waals surface area (Å²) in [6.45, 7) is 6.14. The van der Waals surface area contributed by atoms with Crippen LogP contribution in [-0.2, 0) is 18.9 Å². The second-order valence-corrected chi connectivity index (χ2v) is 10.6. The summed E-state index contributed by atoms with van der Waals surface area (Å²) < 4.78 is 41.3. The highest BCUT2D eigenvalue weighted by atomic mass is 16.7. The Kier molecular flexibility index (Phi) is 9.55. The van der Waals surface area contributed by atoms with Gasteiger partial charge in [-0.15, -0.1) is 0 Å². The standard InChI is InChI=1S/C36H38O7/c1-3-35-39-23-29(41-35)21-37-27-17-13-25(14-18-27)31-9-5-7-11-33(31)43-34-12-8-6-10-32(34)26-15-19-28(20-16-26)38-22-30-24-40-36(4-2)42-30/h5-20,29-30,35-36H,3-4,21-24H2,1-2H3. The lowest BCUT2D eigenvalue weighted by Crippen LogP contribution is -2.20. The second kappa shape index (κ2) is 14.1. The van der Waals surface area contributed by atoms with Crippen molar-refractivity contribution in [1.82, 2.24) is 0 Å². The number of para-hydroxylation sites is 2. The van der Waals surface area contributed by atoms with Crippen LogP contribution in [0.2, 0.25) is 0 Å². The van der Waals surface area contributed by atoms with E-state index in [0.717, 1.165) is 58.1 Å². The summed E-state index contributed by atoms with van der Waals surface area (Å²) in [5.74, 6) is 3.13. The Labute approximate surface area is 253 Å². The molecule has 7 nitrogen and oxygen atoms in total. The number of benzene rings is 4. The number of ether oxygens (including phenoxy) is 7. The van der Waals surface area contributed by atoms with E-state index in [4.69, 9.17) is 33.2 Å². The fourth-order valence-corrected chi connectivity index (χ4v) is 5.17. The molecule has 7 heteroatoms. The van der Waals surface area contributed by atoms with Gasteiger partial charge in [-0.25, -0.2) is 0 Å². The van der Waals surface area contributed by atoms with E-state index in [-0.39, 0.29) is 24.8 Å². The Morgan fingerprint density at radius 2 is 0.977 bits per heavy atom. The minimum atomic E-state index is -0.127. The molecule has 4 unspecified atom stereocenters. The average molecular weight is 583 g/mol. The minimum absolute atomic E-state index is 0.0437. The van der Waals surface area contributed by atoms with E-state index in [1.165, 1.54) is 0 Å². The van der Waals surface area contributed by atoms with E-state index in [2.05, 4.69) is 12.1 Å². The molecule has 0 radical (unpaired) electrons. The lowest BCUT2D eigenvalue weighted by atomic mass is 10.0. The third-order valence-corrected chi connectivity index (χ3v) is 7.49. The van der Waals surface area contributed by atoms with Crippen molar-refractivity contribution < 1.29 is 33.2 Å². The molecule has 2 aliphatic heterocycles. The molecule has 2 aliphatic rings. The number of hydrogen-bond donors (Lipinski definition) is 0. The Balaban J connectivity index is 1.11. The average Bonchev–Trinajstić information content (AvgIpc) is 3.73. The topological polar surface area (TPSA) is 64.6 Å². The minimum Gasteiger partial charge on any atom is -0.491 e. The molecule has 4 aromatic carbocycles. The molecule has 4 aromatic rings. The van der Waals surface area contributed by atoms with Crippen LogP contribution < -0.4 is 14.2 Å². The van der Waals surface area contributed by atoms with Gasteiger partial charge in [0.25, 0.3) is 0 Å². The second-order valence-electron chi connectivity index (χ2n) is 10.6. The van der Waals surface area contributed by atoms with E-state index >= 15 is 0 Å². The van der Waals surface area contributed by atoms with E-state index in [9.17, 15) is 0 Å². The van der Waals surface area contributed by atoms with Crippen molar-refractivity contribution in [2.75, 3.05) is 26.4 Å². The van der Waals surface area contributed by atoms with Crippen LogP contribution in [0.3, 0.4) is 0 Å². The first-order chi connectivity index (χ1) is 21.2. The summed E-state index contributed by atoms with van der Waals surface area (Å²) in [5, 5.41) is 0. The Bertz CT molecular complexity index is 1340. The summed E-state index contributed by atoms with van der Waals surface area (Å²) in [6.07, 6.45) is 1.33. The van der Waals surface area contributed by atoms with Crippen molar-refractivity contribution in [1.29, 1.82) is 0 Å². The van der Waals surface area contributed by atoms with Crippen molar-refractivity contribution in [2.24, 2.45) is 0 Å². The lowest BCUT2D eigenvalue weighted by Gasteiger charge is -2.16. The summed E-state index contributed by atoms with van der Waals surface area (Å²) in [4.78, 5) is 0. The van der Waals surface area contributed by atoms with Gasteiger partial charge in [-0.1, -0.05) is 74.5 Å². The van der Waals surface area contributed by atoms with E-state index < -0.39 is 0 Å². The van der Waals surface area contributed by atoms with E-state index in [1.54, 1.807) is 0 Å². The summed E-state index contributed by atoms with van der Waals surface area (Å²) >= 11 is 0. The van der Waals surface area contributed by atoms with Crippen LogP contribution in [0.5, 0.6) is 23.0 Å². The molecule has 0 aromatic heterocycles. The molecule has 2 fully saturated rings. The largest absolute Gasteiger partial charge is 0.491 e. The van der Waals surface area contributed by atoms with Crippen LogP contribution in [0.15, 0.2) is 97.1 Å². The van der Waals surface area contributed by atoms with Gasteiger partial charge < -0.3 is 33.2 Å². The van der Waals surface area contributed by atoms with Crippen LogP contribution in [-0.4, -0.2) is 51.2 Å². The summed E-state index contributed by atoms with van der Waals surface area (Å²) in [5.41, 5.74) is 4.06. The molecule has 4 atom stereocenters. The Morgan fingerprint density at radius 3 is 1.37 bits per heavy atom. The van der Waals surface area contributed by atoms with Crippen molar-refractivity contribution in [3.8, 4) is 45.3 Å².